The molecule has 1 aromatic rings. The average Bonchev–Trinajstić information content (AvgIpc) is 2.35. The number of ether oxygens (including phenoxy) is 1. The topological polar surface area (TPSA) is 38.3 Å². The first kappa shape index (κ1) is 12.0. The second-order valence-corrected chi connectivity index (χ2v) is 3.07. The Balaban J connectivity index is 2.60. The molecule has 0 atom stereocenters. The molecule has 0 saturated carbocycles. The van der Waals surface area contributed by atoms with Crippen molar-refractivity contribution in [3.05, 3.63) is 60.5 Å². The first-order valence-corrected chi connectivity index (χ1v) is 5.04. The number of carbonyl (C=O) groups is 1. The van der Waals surface area contributed by atoms with Crippen molar-refractivity contribution < 1.29 is 9.53 Å². The van der Waals surface area contributed by atoms with Crippen molar-refractivity contribution in [3.63, 3.8) is 0 Å². The Kier molecular flexibility index (Phi) is 4.86. The number of hydrogen-bond donors (Lipinski definition) is 1. The monoisotopic (exact) mass is 217 g/mol. The molecule has 0 radical (unpaired) electrons. The van der Waals surface area contributed by atoms with Gasteiger partial charge in [0.15, 0.2) is 5.88 Å². The molecule has 0 fully saturated rings. The number of rotatable bonds is 5. The molecule has 1 amide bonds. The van der Waals surface area contributed by atoms with E-state index < -0.39 is 0 Å². The van der Waals surface area contributed by atoms with Gasteiger partial charge in [-0.25, -0.2) is 0 Å². The van der Waals surface area contributed by atoms with E-state index in [1.807, 2.05) is 18.2 Å². The van der Waals surface area contributed by atoms with Gasteiger partial charge in [0.25, 0.3) is 5.91 Å². The normalized spacial score (nSPS) is 10.7. The van der Waals surface area contributed by atoms with Crippen LogP contribution >= 0.6 is 0 Å². The van der Waals surface area contributed by atoms with Gasteiger partial charge < -0.3 is 4.74 Å². The third-order valence-corrected chi connectivity index (χ3v) is 1.89. The number of amides is 1. The molecule has 0 saturated heterocycles. The second kappa shape index (κ2) is 6.45. The van der Waals surface area contributed by atoms with E-state index in [1.54, 1.807) is 31.2 Å². The predicted octanol–water partition coefficient (Wildman–Crippen LogP) is 2.48. The molecule has 0 aliphatic carbocycles. The summed E-state index contributed by atoms with van der Waals surface area (Å²) in [6, 6.07) is 8.98. The lowest BCUT2D eigenvalue weighted by Crippen LogP contribution is -2.24. The van der Waals surface area contributed by atoms with E-state index in [9.17, 15) is 4.79 Å². The van der Waals surface area contributed by atoms with E-state index in [1.165, 1.54) is 0 Å². The zero-order chi connectivity index (χ0) is 11.8. The van der Waals surface area contributed by atoms with Crippen molar-refractivity contribution in [1.82, 2.24) is 5.32 Å². The van der Waals surface area contributed by atoms with E-state index in [0.29, 0.717) is 18.1 Å². The average molecular weight is 217 g/mol. The van der Waals surface area contributed by atoms with E-state index in [-0.39, 0.29) is 5.91 Å². The van der Waals surface area contributed by atoms with Crippen LogP contribution in [0.1, 0.15) is 17.3 Å². The summed E-state index contributed by atoms with van der Waals surface area (Å²) >= 11 is 0. The molecule has 0 aromatic heterocycles. The molecule has 0 unspecified atom stereocenters. The minimum Gasteiger partial charge on any atom is -0.475 e. The van der Waals surface area contributed by atoms with Crippen LogP contribution in [0.3, 0.4) is 0 Å². The summed E-state index contributed by atoms with van der Waals surface area (Å²) in [6.07, 6.45) is 3.32. The van der Waals surface area contributed by atoms with Crippen molar-refractivity contribution >= 4 is 5.91 Å². The van der Waals surface area contributed by atoms with Gasteiger partial charge in [-0.3, -0.25) is 10.1 Å². The van der Waals surface area contributed by atoms with Gasteiger partial charge in [0.2, 0.25) is 0 Å². The quantitative estimate of drug-likeness (QED) is 0.608. The van der Waals surface area contributed by atoms with Crippen LogP contribution in [0.4, 0.5) is 0 Å². The third-order valence-electron chi connectivity index (χ3n) is 1.89. The van der Waals surface area contributed by atoms with E-state index in [4.69, 9.17) is 4.74 Å². The van der Waals surface area contributed by atoms with Gasteiger partial charge in [-0.05, 0) is 25.1 Å². The Bertz CT molecular complexity index is 382. The van der Waals surface area contributed by atoms with Crippen LogP contribution in [-0.4, -0.2) is 12.5 Å². The molecule has 16 heavy (non-hydrogen) atoms. The number of benzene rings is 1. The molecule has 3 nitrogen and oxygen atoms in total. The van der Waals surface area contributed by atoms with Crippen LogP contribution in [0, 0.1) is 0 Å². The van der Waals surface area contributed by atoms with Gasteiger partial charge >= 0.3 is 0 Å². The molecule has 1 rings (SSSR count). The molecule has 0 aliphatic rings. The summed E-state index contributed by atoms with van der Waals surface area (Å²) in [5, 5.41) is 2.67. The Morgan fingerprint density at radius 3 is 2.69 bits per heavy atom. The van der Waals surface area contributed by atoms with E-state index in [0.717, 1.165) is 0 Å². The highest BCUT2D eigenvalue weighted by Gasteiger charge is 2.06. The van der Waals surface area contributed by atoms with Gasteiger partial charge in [0.1, 0.15) is 6.61 Å². The van der Waals surface area contributed by atoms with Crippen molar-refractivity contribution in [2.24, 2.45) is 0 Å². The van der Waals surface area contributed by atoms with Crippen LogP contribution in [0.15, 0.2) is 54.9 Å². The van der Waals surface area contributed by atoms with Crippen molar-refractivity contribution in [2.75, 3.05) is 6.61 Å². The summed E-state index contributed by atoms with van der Waals surface area (Å²) in [4.78, 5) is 11.7. The minimum atomic E-state index is -0.183. The largest absolute Gasteiger partial charge is 0.475 e. The van der Waals surface area contributed by atoms with Crippen LogP contribution in [0.2, 0.25) is 0 Å². The lowest BCUT2D eigenvalue weighted by Gasteiger charge is -2.09. The van der Waals surface area contributed by atoms with Crippen LogP contribution in [0.5, 0.6) is 0 Å². The fraction of sp³-hybridized carbons (Fsp3) is 0.154. The van der Waals surface area contributed by atoms with Crippen LogP contribution in [-0.2, 0) is 4.74 Å². The van der Waals surface area contributed by atoms with Crippen LogP contribution < -0.4 is 5.32 Å². The zero-order valence-electron chi connectivity index (χ0n) is 9.27. The van der Waals surface area contributed by atoms with Gasteiger partial charge in [-0.1, -0.05) is 30.9 Å². The maximum atomic E-state index is 11.7. The van der Waals surface area contributed by atoms with E-state index in [2.05, 4.69) is 11.9 Å². The number of carbonyl (C=O) groups excluding carboxylic acids is 1. The predicted molar refractivity (Wildman–Crippen MR) is 63.8 cm³/mol. The summed E-state index contributed by atoms with van der Waals surface area (Å²) in [6.45, 7) is 5.70. The number of allylic oxidation sites excluding steroid dienone is 1. The number of hydrogen-bond acceptors (Lipinski definition) is 2. The Morgan fingerprint density at radius 2 is 2.12 bits per heavy atom. The van der Waals surface area contributed by atoms with Crippen molar-refractivity contribution in [2.45, 2.75) is 6.92 Å². The fourth-order valence-corrected chi connectivity index (χ4v) is 1.11. The van der Waals surface area contributed by atoms with Crippen molar-refractivity contribution in [1.29, 1.82) is 0 Å². The molecule has 1 aromatic carbocycles. The Morgan fingerprint density at radius 1 is 1.44 bits per heavy atom. The standard InChI is InChI=1S/C13H15NO2/c1-3-10-16-12(4-2)14-13(15)11-8-6-5-7-9-11/h3-9H,1,10H2,2H3,(H,14,15)/b12-4+. The molecular weight excluding hydrogens is 202 g/mol. The minimum absolute atomic E-state index is 0.183. The molecule has 1 N–H and O–H groups in total. The lowest BCUT2D eigenvalue weighted by atomic mass is 10.2. The van der Waals surface area contributed by atoms with Crippen LogP contribution in [0.25, 0.3) is 0 Å². The molecule has 0 spiro atoms. The third kappa shape index (κ3) is 3.61. The maximum Gasteiger partial charge on any atom is 0.257 e. The summed E-state index contributed by atoms with van der Waals surface area (Å²) in [5.41, 5.74) is 0.601. The Labute approximate surface area is 95.4 Å². The SMILES string of the molecule is C=CCO/C(=C/C)NC(=O)c1ccccc1. The molecule has 0 aliphatic heterocycles. The first-order chi connectivity index (χ1) is 7.77. The summed E-state index contributed by atoms with van der Waals surface area (Å²) in [7, 11) is 0. The molecule has 3 heteroatoms. The highest BCUT2D eigenvalue weighted by Crippen LogP contribution is 2.00. The molecule has 0 heterocycles. The van der Waals surface area contributed by atoms with Gasteiger partial charge in [-0.15, -0.1) is 0 Å². The highest BCUT2D eigenvalue weighted by molar-refractivity contribution is 5.95. The van der Waals surface area contributed by atoms with E-state index >= 15 is 0 Å². The Hall–Kier alpha value is -2.03. The zero-order valence-corrected chi connectivity index (χ0v) is 9.27. The maximum absolute atomic E-state index is 11.7. The summed E-state index contributed by atoms with van der Waals surface area (Å²) in [5.74, 6) is 0.256. The highest BCUT2D eigenvalue weighted by atomic mass is 16.5. The second-order valence-electron chi connectivity index (χ2n) is 3.07. The summed E-state index contributed by atoms with van der Waals surface area (Å²) < 4.78 is 5.24. The first-order valence-electron chi connectivity index (χ1n) is 5.04. The van der Waals surface area contributed by atoms with Gasteiger partial charge in [-0.2, -0.15) is 0 Å². The van der Waals surface area contributed by atoms with Gasteiger partial charge in [0.05, 0.1) is 0 Å². The van der Waals surface area contributed by atoms with Crippen molar-refractivity contribution in [3.8, 4) is 0 Å². The number of nitrogens with one attached hydrogen (secondary N) is 1. The lowest BCUT2D eigenvalue weighted by molar-refractivity contribution is 0.0927. The fourth-order valence-electron chi connectivity index (χ4n) is 1.11. The van der Waals surface area contributed by atoms with Gasteiger partial charge in [0, 0.05) is 5.56 Å². The smallest absolute Gasteiger partial charge is 0.257 e. The molecule has 0 bridgehead atoms. The molecular formula is C13H15NO2. The molecule has 84 valence electrons.